The lowest BCUT2D eigenvalue weighted by atomic mass is 9.95. The van der Waals surface area contributed by atoms with Crippen molar-refractivity contribution in [2.45, 2.75) is 44.6 Å². The Morgan fingerprint density at radius 1 is 1.27 bits per heavy atom. The van der Waals surface area contributed by atoms with Crippen molar-refractivity contribution in [3.63, 3.8) is 0 Å². The second-order valence-corrected chi connectivity index (χ2v) is 7.75. The Morgan fingerprint density at radius 2 is 2.04 bits per heavy atom. The van der Waals surface area contributed by atoms with Crippen LogP contribution < -0.4 is 10.2 Å². The van der Waals surface area contributed by atoms with Crippen molar-refractivity contribution >= 4 is 27.6 Å². The number of nitrogens with zero attached hydrogens (tertiary/aromatic N) is 1. The first kappa shape index (κ1) is 18.7. The number of hydrogen-bond donors (Lipinski definition) is 4. The maximum Gasteiger partial charge on any atom is 0.407 e. The van der Waals surface area contributed by atoms with Gasteiger partial charge < -0.3 is 25.4 Å². The van der Waals surface area contributed by atoms with Gasteiger partial charge in [0.2, 0.25) is 0 Å². The third-order valence-electron chi connectivity index (χ3n) is 4.98. The van der Waals surface area contributed by atoms with E-state index < -0.39 is 6.09 Å². The lowest BCUT2D eigenvalue weighted by Crippen LogP contribution is -2.40. The monoisotopic (exact) mass is 379 g/mol. The van der Waals surface area contributed by atoms with E-state index in [0.717, 1.165) is 16.9 Å². The van der Waals surface area contributed by atoms with Crippen molar-refractivity contribution in [2.75, 3.05) is 19.6 Å². The molecule has 0 saturated heterocycles. The molecule has 1 aromatic heterocycles. The molecule has 0 bridgehead atoms. The van der Waals surface area contributed by atoms with E-state index >= 15 is 0 Å². The van der Waals surface area contributed by atoms with E-state index in [1.54, 1.807) is 6.07 Å². The number of phenols is 1. The number of aromatic nitrogens is 1. The summed E-state index contributed by atoms with van der Waals surface area (Å²) in [6, 6.07) is 3.80. The number of H-pyrrole nitrogens is 1. The quantitative estimate of drug-likeness (QED) is 0.592. The summed E-state index contributed by atoms with van der Waals surface area (Å²) in [5.41, 5.74) is 1.30. The Bertz CT molecular complexity index is 810. The maximum atomic E-state index is 11.6. The van der Waals surface area contributed by atoms with E-state index in [9.17, 15) is 19.8 Å². The Balaban J connectivity index is 1.57. The normalized spacial score (nSPS) is 15.4. The number of carbonyl (C=O) groups is 1. The van der Waals surface area contributed by atoms with Gasteiger partial charge in [-0.1, -0.05) is 36.7 Å². The summed E-state index contributed by atoms with van der Waals surface area (Å²) in [5, 5.41) is 22.8. The summed E-state index contributed by atoms with van der Waals surface area (Å²) in [7, 11) is 0. The van der Waals surface area contributed by atoms with Gasteiger partial charge in [0, 0.05) is 25.7 Å². The number of amides is 1. The Hall–Kier alpha value is -2.06. The molecule has 1 fully saturated rings. The minimum Gasteiger partial charge on any atom is -0.506 e. The van der Waals surface area contributed by atoms with Crippen molar-refractivity contribution in [1.82, 2.24) is 15.2 Å². The topological polar surface area (TPSA) is 106 Å². The molecule has 0 unspecified atom stereocenters. The van der Waals surface area contributed by atoms with Gasteiger partial charge in [-0.3, -0.25) is 4.79 Å². The van der Waals surface area contributed by atoms with Gasteiger partial charge >= 0.3 is 11.0 Å². The summed E-state index contributed by atoms with van der Waals surface area (Å²) in [6.45, 7) is 1.45. The van der Waals surface area contributed by atoms with Crippen LogP contribution >= 0.6 is 11.3 Å². The average molecular weight is 379 g/mol. The van der Waals surface area contributed by atoms with E-state index in [-0.39, 0.29) is 10.6 Å². The summed E-state index contributed by atoms with van der Waals surface area (Å²) in [5.74, 6) is 0.0360. The van der Waals surface area contributed by atoms with Crippen LogP contribution in [0.1, 0.15) is 37.7 Å². The minimum atomic E-state index is -0.937. The number of benzene rings is 1. The number of carboxylic acid groups (broad SMARTS) is 1. The molecule has 142 valence electrons. The van der Waals surface area contributed by atoms with Gasteiger partial charge in [-0.25, -0.2) is 4.79 Å². The van der Waals surface area contributed by atoms with Gasteiger partial charge in [-0.2, -0.15) is 0 Å². The Kier molecular flexibility index (Phi) is 6.16. The minimum absolute atomic E-state index is 0.0360. The molecular weight excluding hydrogens is 354 g/mol. The Morgan fingerprint density at radius 3 is 2.77 bits per heavy atom. The molecule has 1 amide bonds. The van der Waals surface area contributed by atoms with Crippen LogP contribution in [-0.4, -0.2) is 51.9 Å². The van der Waals surface area contributed by atoms with E-state index in [1.807, 2.05) is 0 Å². The number of fused-ring (bicyclic) bond motifs is 1. The average Bonchev–Trinajstić information content (AvgIpc) is 3.02. The molecule has 8 heteroatoms. The number of thiazole rings is 1. The van der Waals surface area contributed by atoms with Gasteiger partial charge in [-0.05, 0) is 30.9 Å². The van der Waals surface area contributed by atoms with E-state index in [1.165, 1.54) is 43.1 Å². The van der Waals surface area contributed by atoms with Crippen molar-refractivity contribution in [3.8, 4) is 5.75 Å². The van der Waals surface area contributed by atoms with Crippen LogP contribution in [0.25, 0.3) is 10.2 Å². The van der Waals surface area contributed by atoms with Crippen LogP contribution in [0.3, 0.4) is 0 Å². The first-order chi connectivity index (χ1) is 12.5. The molecular formula is C18H25N3O4S. The van der Waals surface area contributed by atoms with Crippen LogP contribution in [0.15, 0.2) is 16.9 Å². The lowest BCUT2D eigenvalue weighted by Gasteiger charge is -2.25. The molecule has 0 aliphatic heterocycles. The maximum absolute atomic E-state index is 11.6. The molecule has 4 N–H and O–H groups in total. The van der Waals surface area contributed by atoms with Gasteiger partial charge in [0.15, 0.2) is 0 Å². The molecule has 1 aliphatic carbocycles. The predicted octanol–water partition coefficient (Wildman–Crippen LogP) is 2.74. The highest BCUT2D eigenvalue weighted by molar-refractivity contribution is 7.16. The molecule has 0 atom stereocenters. The third-order valence-corrected chi connectivity index (χ3v) is 5.94. The summed E-state index contributed by atoms with van der Waals surface area (Å²) in [6.07, 6.45) is 5.70. The molecule has 1 heterocycles. The summed E-state index contributed by atoms with van der Waals surface area (Å²) < 4.78 is 0.695. The highest BCUT2D eigenvalue weighted by atomic mass is 32.1. The number of aromatic amines is 1. The van der Waals surface area contributed by atoms with Crippen LogP contribution in [0.2, 0.25) is 0 Å². The fourth-order valence-electron chi connectivity index (χ4n) is 3.54. The second kappa shape index (κ2) is 8.55. The van der Waals surface area contributed by atoms with Crippen molar-refractivity contribution in [1.29, 1.82) is 0 Å². The SMILES string of the molecule is O=C(O)N(CCNC1CCCCC1)CCc1ccc(O)c2[nH]c(=O)sc12. The number of hydrogen-bond acceptors (Lipinski definition) is 5. The lowest BCUT2D eigenvalue weighted by molar-refractivity contribution is 0.145. The van der Waals surface area contributed by atoms with Gasteiger partial charge in [0.25, 0.3) is 0 Å². The first-order valence-electron chi connectivity index (χ1n) is 9.09. The van der Waals surface area contributed by atoms with Crippen LogP contribution in [0.5, 0.6) is 5.75 Å². The van der Waals surface area contributed by atoms with Crippen LogP contribution in [0.4, 0.5) is 4.79 Å². The van der Waals surface area contributed by atoms with Crippen LogP contribution in [-0.2, 0) is 6.42 Å². The molecule has 2 aromatic rings. The standard InChI is InChI=1S/C18H25N3O4S/c22-14-7-6-12(16-15(14)20-17(23)26-16)8-10-21(18(24)25)11-9-19-13-4-2-1-3-5-13/h6-7,13,19,22H,1-5,8-11H2,(H,20,23)(H,24,25). The molecule has 26 heavy (non-hydrogen) atoms. The number of aromatic hydroxyl groups is 1. The first-order valence-corrected chi connectivity index (χ1v) is 9.91. The second-order valence-electron chi connectivity index (χ2n) is 6.77. The predicted molar refractivity (Wildman–Crippen MR) is 102 cm³/mol. The van der Waals surface area contributed by atoms with Gasteiger partial charge in [-0.15, -0.1) is 0 Å². The highest BCUT2D eigenvalue weighted by Gasteiger charge is 2.16. The molecule has 1 aromatic carbocycles. The molecule has 7 nitrogen and oxygen atoms in total. The van der Waals surface area contributed by atoms with Gasteiger partial charge in [0.05, 0.1) is 4.70 Å². The largest absolute Gasteiger partial charge is 0.506 e. The molecule has 3 rings (SSSR count). The summed E-state index contributed by atoms with van der Waals surface area (Å²) in [4.78, 5) is 26.9. The molecule has 0 radical (unpaired) electrons. The Labute approximate surface area is 155 Å². The highest BCUT2D eigenvalue weighted by Crippen LogP contribution is 2.28. The van der Waals surface area contributed by atoms with Crippen molar-refractivity contribution in [3.05, 3.63) is 27.4 Å². The van der Waals surface area contributed by atoms with E-state index in [4.69, 9.17) is 0 Å². The van der Waals surface area contributed by atoms with E-state index in [2.05, 4.69) is 10.3 Å². The third kappa shape index (κ3) is 4.56. The smallest absolute Gasteiger partial charge is 0.407 e. The zero-order chi connectivity index (χ0) is 18.5. The molecule has 0 spiro atoms. The molecule has 1 aliphatic rings. The van der Waals surface area contributed by atoms with Gasteiger partial charge in [0.1, 0.15) is 11.3 Å². The van der Waals surface area contributed by atoms with Crippen molar-refractivity contribution in [2.24, 2.45) is 0 Å². The van der Waals surface area contributed by atoms with Crippen molar-refractivity contribution < 1.29 is 15.0 Å². The van der Waals surface area contributed by atoms with Crippen LogP contribution in [0, 0.1) is 0 Å². The fraction of sp³-hybridized carbons (Fsp3) is 0.556. The number of nitrogens with one attached hydrogen (secondary N) is 2. The molecule has 1 saturated carbocycles. The number of phenolic OH excluding ortho intramolecular Hbond substituents is 1. The summed E-state index contributed by atoms with van der Waals surface area (Å²) >= 11 is 1.04. The van der Waals surface area contributed by atoms with E-state index in [0.29, 0.717) is 42.3 Å². The zero-order valence-corrected chi connectivity index (χ0v) is 15.5. The zero-order valence-electron chi connectivity index (χ0n) is 14.7. The number of rotatable bonds is 7. The fourth-order valence-corrected chi connectivity index (χ4v) is 4.44.